The number of ether oxygens (including phenoxy) is 1. The van der Waals surface area contributed by atoms with Crippen LogP contribution in [0.3, 0.4) is 0 Å². The van der Waals surface area contributed by atoms with E-state index in [1.54, 1.807) is 31.3 Å². The van der Waals surface area contributed by atoms with E-state index >= 15 is 0 Å². The Morgan fingerprint density at radius 3 is 2.57 bits per heavy atom. The van der Waals surface area contributed by atoms with Crippen molar-refractivity contribution in [1.29, 1.82) is 0 Å². The molecule has 1 N–H and O–H groups in total. The Balaban J connectivity index is 1.43. The van der Waals surface area contributed by atoms with Gasteiger partial charge >= 0.3 is 6.09 Å². The number of rotatable bonds is 6. The van der Waals surface area contributed by atoms with Gasteiger partial charge in [0.2, 0.25) is 0 Å². The summed E-state index contributed by atoms with van der Waals surface area (Å²) >= 11 is 0. The van der Waals surface area contributed by atoms with Crippen molar-refractivity contribution in [2.45, 2.75) is 30.9 Å². The second-order valence-corrected chi connectivity index (χ2v) is 10.2. The van der Waals surface area contributed by atoms with Crippen molar-refractivity contribution < 1.29 is 27.1 Å². The van der Waals surface area contributed by atoms with Gasteiger partial charge in [0.15, 0.2) is 0 Å². The highest BCUT2D eigenvalue weighted by Crippen LogP contribution is 2.26. The third-order valence-corrected chi connectivity index (χ3v) is 7.21. The highest BCUT2D eigenvalue weighted by Gasteiger charge is 2.35. The summed E-state index contributed by atoms with van der Waals surface area (Å²) in [6.07, 6.45) is 0.575. The first kappa shape index (κ1) is 24.4. The van der Waals surface area contributed by atoms with Gasteiger partial charge in [-0.2, -0.15) is 0 Å². The Morgan fingerprint density at radius 2 is 1.89 bits per heavy atom. The number of hydrogen-bond acceptors (Lipinski definition) is 6. The highest BCUT2D eigenvalue weighted by atomic mass is 32.2. The lowest BCUT2D eigenvalue weighted by molar-refractivity contribution is -0.0185. The van der Waals surface area contributed by atoms with Crippen molar-refractivity contribution in [1.82, 2.24) is 14.8 Å². The predicted octanol–water partition coefficient (Wildman–Crippen LogP) is 3.48. The fourth-order valence-electron chi connectivity index (χ4n) is 3.52. The van der Waals surface area contributed by atoms with Crippen LogP contribution in [-0.2, 0) is 14.8 Å². The zero-order valence-electron chi connectivity index (χ0n) is 19.4. The summed E-state index contributed by atoms with van der Waals surface area (Å²) in [4.78, 5) is 31.6. The van der Waals surface area contributed by atoms with Gasteiger partial charge in [-0.05, 0) is 44.2 Å². The number of anilines is 1. The first-order chi connectivity index (χ1) is 16.6. The van der Waals surface area contributed by atoms with Crippen LogP contribution in [0, 0.1) is 5.82 Å². The Kier molecular flexibility index (Phi) is 6.62. The molecule has 2 heterocycles. The standard InChI is InChI=1S/C24H25FN4O5S/c1-15(2)28(3)24(31)34-18-13-29(14-18)23(30)17-9-10-20(19(25)12-17)27-35(32,33)21-8-4-6-16-7-5-11-26-22(16)21/h4-12,15,18,27H,13-14H2,1-3H3. The minimum absolute atomic E-state index is 0.0175. The molecule has 4 rings (SSSR count). The fourth-order valence-corrected chi connectivity index (χ4v) is 4.77. The van der Waals surface area contributed by atoms with Gasteiger partial charge in [-0.25, -0.2) is 17.6 Å². The second-order valence-electron chi connectivity index (χ2n) is 8.55. The van der Waals surface area contributed by atoms with Gasteiger partial charge in [-0.1, -0.05) is 18.2 Å². The average Bonchev–Trinajstić information content (AvgIpc) is 2.80. The van der Waals surface area contributed by atoms with Crippen LogP contribution in [0.4, 0.5) is 14.9 Å². The Bertz CT molecular complexity index is 1380. The van der Waals surface area contributed by atoms with Gasteiger partial charge in [0.25, 0.3) is 15.9 Å². The molecule has 2 amide bonds. The maximum atomic E-state index is 14.8. The number of para-hydroxylation sites is 1. The van der Waals surface area contributed by atoms with Crippen LogP contribution in [0.1, 0.15) is 24.2 Å². The molecule has 2 aromatic carbocycles. The normalized spacial score (nSPS) is 14.0. The zero-order chi connectivity index (χ0) is 25.3. The molecular weight excluding hydrogens is 475 g/mol. The summed E-state index contributed by atoms with van der Waals surface area (Å²) < 4.78 is 48.2. The number of nitrogens with one attached hydrogen (secondary N) is 1. The van der Waals surface area contributed by atoms with Gasteiger partial charge < -0.3 is 14.5 Å². The van der Waals surface area contributed by atoms with E-state index in [9.17, 15) is 22.4 Å². The topological polar surface area (TPSA) is 109 Å². The van der Waals surface area contributed by atoms with Crippen LogP contribution in [-0.4, -0.2) is 67.5 Å². The lowest BCUT2D eigenvalue weighted by atomic mass is 10.1. The minimum Gasteiger partial charge on any atom is -0.442 e. The van der Waals surface area contributed by atoms with Crippen molar-refractivity contribution in [3.8, 4) is 0 Å². The predicted molar refractivity (Wildman–Crippen MR) is 128 cm³/mol. The molecule has 1 aliphatic heterocycles. The smallest absolute Gasteiger partial charge is 0.410 e. The van der Waals surface area contributed by atoms with Crippen molar-refractivity contribution in [2.75, 3.05) is 24.9 Å². The highest BCUT2D eigenvalue weighted by molar-refractivity contribution is 7.93. The van der Waals surface area contributed by atoms with Crippen LogP contribution < -0.4 is 4.72 Å². The van der Waals surface area contributed by atoms with E-state index in [0.717, 1.165) is 6.07 Å². The molecule has 0 spiro atoms. The molecule has 0 bridgehead atoms. The van der Waals surface area contributed by atoms with Crippen LogP contribution in [0.15, 0.2) is 59.6 Å². The maximum absolute atomic E-state index is 14.8. The van der Waals surface area contributed by atoms with Gasteiger partial charge in [-0.3, -0.25) is 14.5 Å². The number of halogens is 1. The first-order valence-electron chi connectivity index (χ1n) is 11.0. The Labute approximate surface area is 202 Å². The van der Waals surface area contributed by atoms with Gasteiger partial charge in [-0.15, -0.1) is 0 Å². The first-order valence-corrected chi connectivity index (χ1v) is 12.4. The molecule has 11 heteroatoms. The van der Waals surface area contributed by atoms with E-state index in [4.69, 9.17) is 4.74 Å². The number of nitrogens with zero attached hydrogens (tertiary/aromatic N) is 3. The van der Waals surface area contributed by atoms with E-state index in [1.807, 2.05) is 13.8 Å². The molecule has 184 valence electrons. The third-order valence-electron chi connectivity index (χ3n) is 5.81. The number of hydrogen-bond donors (Lipinski definition) is 1. The van der Waals surface area contributed by atoms with E-state index < -0.39 is 33.9 Å². The number of fused-ring (bicyclic) bond motifs is 1. The molecule has 1 fully saturated rings. The molecule has 0 saturated carbocycles. The van der Waals surface area contributed by atoms with Crippen molar-refractivity contribution >= 4 is 38.6 Å². The SMILES string of the molecule is CC(C)N(C)C(=O)OC1CN(C(=O)c2ccc(NS(=O)(=O)c3cccc4cccnc34)c(F)c2)C1. The molecule has 1 saturated heterocycles. The maximum Gasteiger partial charge on any atom is 0.410 e. The molecule has 0 radical (unpaired) electrons. The number of benzene rings is 2. The number of likely N-dealkylation sites (tertiary alicyclic amines) is 1. The summed E-state index contributed by atoms with van der Waals surface area (Å²) in [7, 11) is -2.51. The van der Waals surface area contributed by atoms with E-state index in [0.29, 0.717) is 5.39 Å². The lowest BCUT2D eigenvalue weighted by Crippen LogP contribution is -2.56. The van der Waals surface area contributed by atoms with Crippen molar-refractivity contribution in [3.63, 3.8) is 0 Å². The largest absolute Gasteiger partial charge is 0.442 e. The summed E-state index contributed by atoms with van der Waals surface area (Å²) in [5.74, 6) is -1.34. The summed E-state index contributed by atoms with van der Waals surface area (Å²) in [5.41, 5.74) is 0.0327. The molecule has 3 aromatic rings. The van der Waals surface area contributed by atoms with E-state index in [1.165, 1.54) is 34.2 Å². The van der Waals surface area contributed by atoms with Crippen LogP contribution in [0.25, 0.3) is 10.9 Å². The number of pyridine rings is 1. The van der Waals surface area contributed by atoms with Crippen LogP contribution >= 0.6 is 0 Å². The third kappa shape index (κ3) is 5.04. The molecule has 0 atom stereocenters. The average molecular weight is 501 g/mol. The van der Waals surface area contributed by atoms with Gasteiger partial charge in [0, 0.05) is 30.2 Å². The molecule has 0 unspecified atom stereocenters. The van der Waals surface area contributed by atoms with Gasteiger partial charge in [0.1, 0.15) is 16.8 Å². The number of amides is 2. The monoisotopic (exact) mass is 500 g/mol. The lowest BCUT2D eigenvalue weighted by Gasteiger charge is -2.39. The van der Waals surface area contributed by atoms with Crippen molar-refractivity contribution in [3.05, 3.63) is 66.1 Å². The Morgan fingerprint density at radius 1 is 1.17 bits per heavy atom. The molecular formula is C24H25FN4O5S. The molecule has 9 nitrogen and oxygen atoms in total. The number of aromatic nitrogens is 1. The van der Waals surface area contributed by atoms with Crippen LogP contribution in [0.5, 0.6) is 0 Å². The summed E-state index contributed by atoms with van der Waals surface area (Å²) in [5, 5.41) is 0.631. The quantitative estimate of drug-likeness (QED) is 0.555. The zero-order valence-corrected chi connectivity index (χ0v) is 20.3. The molecule has 35 heavy (non-hydrogen) atoms. The molecule has 0 aliphatic carbocycles. The summed E-state index contributed by atoms with van der Waals surface area (Å²) in [6.45, 7) is 4.10. The Hall–Kier alpha value is -3.73. The van der Waals surface area contributed by atoms with E-state index in [-0.39, 0.29) is 40.8 Å². The minimum atomic E-state index is -4.14. The number of carbonyl (C=O) groups is 2. The van der Waals surface area contributed by atoms with Gasteiger partial charge in [0.05, 0.1) is 24.3 Å². The van der Waals surface area contributed by atoms with Crippen molar-refractivity contribution in [2.24, 2.45) is 0 Å². The number of sulfonamides is 1. The molecule has 1 aliphatic rings. The molecule has 1 aromatic heterocycles. The number of carbonyl (C=O) groups excluding carboxylic acids is 2. The summed E-state index contributed by atoms with van der Waals surface area (Å²) in [6, 6.07) is 11.6. The fraction of sp³-hybridized carbons (Fsp3) is 0.292. The van der Waals surface area contributed by atoms with Crippen LogP contribution in [0.2, 0.25) is 0 Å². The van der Waals surface area contributed by atoms with E-state index in [2.05, 4.69) is 9.71 Å². The second kappa shape index (κ2) is 9.49.